The van der Waals surface area contributed by atoms with Crippen molar-refractivity contribution in [2.24, 2.45) is 0 Å². The lowest BCUT2D eigenvalue weighted by atomic mass is 10.1. The van der Waals surface area contributed by atoms with Gasteiger partial charge in [-0.15, -0.1) is 0 Å². The predicted octanol–water partition coefficient (Wildman–Crippen LogP) is 5.79. The number of carbonyl (C=O) groups excluding carboxylic acids is 2. The van der Waals surface area contributed by atoms with Gasteiger partial charge in [-0.3, -0.25) is 10.1 Å². The van der Waals surface area contributed by atoms with Gasteiger partial charge in [0.15, 0.2) is 0 Å². The van der Waals surface area contributed by atoms with E-state index in [0.717, 1.165) is 45.4 Å². The van der Waals surface area contributed by atoms with Crippen LogP contribution in [0.5, 0.6) is 11.5 Å². The number of aryl methyl sites for hydroxylation is 1. The minimum absolute atomic E-state index is 0.127. The second-order valence-electron chi connectivity index (χ2n) is 8.95. The highest BCUT2D eigenvalue weighted by Gasteiger charge is 2.13. The van der Waals surface area contributed by atoms with Crippen LogP contribution in [0, 0.1) is 6.92 Å². The molecule has 2 aliphatic heterocycles. The molecule has 1 amide bonds. The number of ether oxygens (including phenoxy) is 3. The van der Waals surface area contributed by atoms with Gasteiger partial charge in [0.25, 0.3) is 0 Å². The Morgan fingerprint density at radius 3 is 2.36 bits per heavy atom. The average Bonchev–Trinajstić information content (AvgIpc) is 2.95. The standard InChI is InChI=1S/C21H17NO5.C10H8O2/c1-13-8-20(23)27-19-10-16(6-7-17(13)19)22-21(24)26-12-14-9-15-4-2-3-5-18(15)25-11-14;11-6-8-5-9-3-1-2-4-10(9)12-7-8/h2-10H,11-12H2,1H3,(H,22,24);1-6H,7H2. The van der Waals surface area contributed by atoms with Crippen LogP contribution in [0.4, 0.5) is 10.5 Å². The van der Waals surface area contributed by atoms with Crippen molar-refractivity contribution in [2.45, 2.75) is 6.92 Å². The Kier molecular flexibility index (Phi) is 7.54. The summed E-state index contributed by atoms with van der Waals surface area (Å²) in [5, 5.41) is 3.46. The smallest absolute Gasteiger partial charge is 0.411 e. The molecule has 0 saturated carbocycles. The van der Waals surface area contributed by atoms with E-state index in [2.05, 4.69) is 5.32 Å². The predicted molar refractivity (Wildman–Crippen MR) is 148 cm³/mol. The topological polar surface area (TPSA) is 104 Å². The molecule has 0 atom stereocenters. The van der Waals surface area contributed by atoms with Crippen molar-refractivity contribution in [3.63, 3.8) is 0 Å². The van der Waals surface area contributed by atoms with Crippen LogP contribution in [-0.4, -0.2) is 32.2 Å². The first-order valence-corrected chi connectivity index (χ1v) is 12.3. The fourth-order valence-electron chi connectivity index (χ4n) is 4.16. The number of hydrogen-bond donors (Lipinski definition) is 1. The minimum atomic E-state index is -0.593. The number of nitrogens with one attached hydrogen (secondary N) is 1. The summed E-state index contributed by atoms with van der Waals surface area (Å²) in [6.07, 6.45) is 4.05. The Labute approximate surface area is 224 Å². The molecule has 6 rings (SSSR count). The first kappa shape index (κ1) is 25.5. The molecule has 39 heavy (non-hydrogen) atoms. The zero-order valence-electron chi connectivity index (χ0n) is 21.1. The van der Waals surface area contributed by atoms with Gasteiger partial charge in [-0.1, -0.05) is 36.4 Å². The average molecular weight is 524 g/mol. The third-order valence-electron chi connectivity index (χ3n) is 6.08. The van der Waals surface area contributed by atoms with E-state index in [9.17, 15) is 14.4 Å². The molecule has 1 aromatic heterocycles. The van der Waals surface area contributed by atoms with Gasteiger partial charge >= 0.3 is 11.7 Å². The quantitative estimate of drug-likeness (QED) is 0.267. The minimum Gasteiger partial charge on any atom is -0.488 e. The maximum Gasteiger partial charge on any atom is 0.411 e. The van der Waals surface area contributed by atoms with Gasteiger partial charge in [-0.25, -0.2) is 9.59 Å². The number of hydrogen-bond acceptors (Lipinski definition) is 7. The highest BCUT2D eigenvalue weighted by atomic mass is 16.6. The zero-order chi connectivity index (χ0) is 27.2. The van der Waals surface area contributed by atoms with Gasteiger partial charge in [0.1, 0.15) is 43.2 Å². The van der Waals surface area contributed by atoms with E-state index in [4.69, 9.17) is 18.6 Å². The summed E-state index contributed by atoms with van der Waals surface area (Å²) in [6.45, 7) is 2.73. The highest BCUT2D eigenvalue weighted by molar-refractivity contribution is 5.90. The molecule has 196 valence electrons. The molecule has 0 fully saturated rings. The summed E-state index contributed by atoms with van der Waals surface area (Å²) < 4.78 is 21.4. The maximum absolute atomic E-state index is 12.1. The van der Waals surface area contributed by atoms with E-state index in [1.165, 1.54) is 6.07 Å². The van der Waals surface area contributed by atoms with Crippen LogP contribution in [0.3, 0.4) is 0 Å². The summed E-state index contributed by atoms with van der Waals surface area (Å²) >= 11 is 0. The Bertz CT molecular complexity index is 1670. The fourth-order valence-corrected chi connectivity index (χ4v) is 4.16. The number of amides is 1. The Balaban J connectivity index is 0.000000214. The van der Waals surface area contributed by atoms with E-state index in [0.29, 0.717) is 30.1 Å². The van der Waals surface area contributed by atoms with E-state index in [1.54, 1.807) is 18.2 Å². The second kappa shape index (κ2) is 11.5. The van der Waals surface area contributed by atoms with Crippen molar-refractivity contribution < 1.29 is 28.2 Å². The fraction of sp³-hybridized carbons (Fsp3) is 0.129. The summed E-state index contributed by atoms with van der Waals surface area (Å²) in [4.78, 5) is 34.0. The molecule has 3 heterocycles. The molecule has 3 aromatic carbocycles. The van der Waals surface area contributed by atoms with Crippen LogP contribution in [0.1, 0.15) is 16.7 Å². The van der Waals surface area contributed by atoms with Crippen molar-refractivity contribution in [1.82, 2.24) is 0 Å². The maximum atomic E-state index is 12.1. The third kappa shape index (κ3) is 6.24. The lowest BCUT2D eigenvalue weighted by Crippen LogP contribution is -2.18. The van der Waals surface area contributed by atoms with Gasteiger partial charge in [0, 0.05) is 45.5 Å². The molecule has 0 unspecified atom stereocenters. The number of aldehydes is 1. The summed E-state index contributed by atoms with van der Waals surface area (Å²) in [7, 11) is 0. The summed E-state index contributed by atoms with van der Waals surface area (Å²) in [5.74, 6) is 1.67. The van der Waals surface area contributed by atoms with Crippen molar-refractivity contribution >= 4 is 41.2 Å². The molecule has 0 radical (unpaired) electrons. The van der Waals surface area contributed by atoms with Gasteiger partial charge in [-0.05, 0) is 48.9 Å². The zero-order valence-corrected chi connectivity index (χ0v) is 21.1. The van der Waals surface area contributed by atoms with E-state index < -0.39 is 11.7 Å². The molecule has 2 aliphatic rings. The van der Waals surface area contributed by atoms with Crippen molar-refractivity contribution in [3.8, 4) is 11.5 Å². The molecule has 8 nitrogen and oxygen atoms in total. The monoisotopic (exact) mass is 523 g/mol. The molecule has 1 N–H and O–H groups in total. The lowest BCUT2D eigenvalue weighted by Gasteiger charge is -2.17. The van der Waals surface area contributed by atoms with E-state index >= 15 is 0 Å². The molecule has 0 bridgehead atoms. The van der Waals surface area contributed by atoms with Crippen LogP contribution < -0.4 is 20.4 Å². The van der Waals surface area contributed by atoms with Crippen LogP contribution >= 0.6 is 0 Å². The molecule has 0 saturated heterocycles. The van der Waals surface area contributed by atoms with Gasteiger partial charge in [0.2, 0.25) is 0 Å². The van der Waals surface area contributed by atoms with Crippen LogP contribution in [-0.2, 0) is 9.53 Å². The van der Waals surface area contributed by atoms with Crippen molar-refractivity contribution in [2.75, 3.05) is 25.1 Å². The SMILES string of the molecule is Cc1cc(=O)oc2cc(NC(=O)OCC3=Cc4ccccc4OC3)ccc12.O=CC1=Cc2ccccc2OC1. The number of para-hydroxylation sites is 2. The van der Waals surface area contributed by atoms with E-state index in [-0.39, 0.29) is 6.61 Å². The third-order valence-corrected chi connectivity index (χ3v) is 6.08. The number of rotatable bonds is 4. The van der Waals surface area contributed by atoms with Crippen LogP contribution in [0.2, 0.25) is 0 Å². The summed E-state index contributed by atoms with van der Waals surface area (Å²) in [5.41, 5.74) is 4.79. The van der Waals surface area contributed by atoms with Gasteiger partial charge in [0.05, 0.1) is 0 Å². The Hall–Kier alpha value is -5.11. The number of benzene rings is 3. The second-order valence-corrected chi connectivity index (χ2v) is 8.95. The van der Waals surface area contributed by atoms with E-state index in [1.807, 2.05) is 67.6 Å². The first-order chi connectivity index (χ1) is 19.0. The number of anilines is 1. The van der Waals surface area contributed by atoms with Crippen molar-refractivity contribution in [3.05, 3.63) is 111 Å². The molecular formula is C31H25NO7. The van der Waals surface area contributed by atoms with Crippen LogP contribution in [0.25, 0.3) is 23.1 Å². The molecule has 4 aromatic rings. The molecule has 0 spiro atoms. The lowest BCUT2D eigenvalue weighted by molar-refractivity contribution is -0.105. The van der Waals surface area contributed by atoms with Crippen LogP contribution in [0.15, 0.2) is 93.2 Å². The highest BCUT2D eigenvalue weighted by Crippen LogP contribution is 2.26. The Morgan fingerprint density at radius 1 is 0.923 bits per heavy atom. The van der Waals surface area contributed by atoms with Gasteiger partial charge in [-0.2, -0.15) is 0 Å². The normalized spacial score (nSPS) is 13.2. The number of carbonyl (C=O) groups is 2. The molecule has 0 aliphatic carbocycles. The number of fused-ring (bicyclic) bond motifs is 3. The summed E-state index contributed by atoms with van der Waals surface area (Å²) in [6, 6.07) is 21.9. The van der Waals surface area contributed by atoms with Crippen molar-refractivity contribution in [1.29, 1.82) is 0 Å². The first-order valence-electron chi connectivity index (χ1n) is 12.3. The molecule has 8 heteroatoms. The molecular weight excluding hydrogens is 498 g/mol. The largest absolute Gasteiger partial charge is 0.488 e. The van der Waals surface area contributed by atoms with Gasteiger partial charge < -0.3 is 18.6 Å². The Morgan fingerprint density at radius 2 is 1.62 bits per heavy atom.